The highest BCUT2D eigenvalue weighted by Gasteiger charge is 2.11. The highest BCUT2D eigenvalue weighted by Crippen LogP contribution is 2.18. The molecule has 0 radical (unpaired) electrons. The second kappa shape index (κ2) is 4.10. The molecule has 0 aliphatic heterocycles. The third-order valence-electron chi connectivity index (χ3n) is 1.47. The number of rotatable bonds is 3. The molecule has 13 heavy (non-hydrogen) atoms. The van der Waals surface area contributed by atoms with Gasteiger partial charge in [0.1, 0.15) is 0 Å². The SMILES string of the molecule is CSc1cccc(S(=O)(=O)NO)c1. The lowest BCUT2D eigenvalue weighted by Gasteiger charge is -2.02. The molecule has 72 valence electrons. The van der Waals surface area contributed by atoms with E-state index in [-0.39, 0.29) is 4.90 Å². The van der Waals surface area contributed by atoms with E-state index in [4.69, 9.17) is 5.21 Å². The molecule has 0 fully saturated rings. The average Bonchev–Trinajstić information content (AvgIpc) is 2.18. The standard InChI is InChI=1S/C7H9NO3S2/c1-12-6-3-2-4-7(5-6)13(10,11)8-9/h2-5,8-9H,1H3. The summed E-state index contributed by atoms with van der Waals surface area (Å²) in [6.07, 6.45) is 1.85. The van der Waals surface area contributed by atoms with E-state index in [1.807, 2.05) is 6.26 Å². The maximum Gasteiger partial charge on any atom is 0.262 e. The van der Waals surface area contributed by atoms with Crippen molar-refractivity contribution in [1.29, 1.82) is 0 Å². The second-order valence-electron chi connectivity index (χ2n) is 2.27. The zero-order chi connectivity index (χ0) is 9.90. The molecule has 4 nitrogen and oxygen atoms in total. The molecule has 0 amide bonds. The van der Waals surface area contributed by atoms with E-state index >= 15 is 0 Å². The summed E-state index contributed by atoms with van der Waals surface area (Å²) in [5.74, 6) is 0. The molecule has 0 atom stereocenters. The molecule has 0 spiro atoms. The zero-order valence-electron chi connectivity index (χ0n) is 6.89. The first-order valence-corrected chi connectivity index (χ1v) is 6.11. The third-order valence-corrected chi connectivity index (χ3v) is 3.31. The van der Waals surface area contributed by atoms with Gasteiger partial charge < -0.3 is 5.21 Å². The van der Waals surface area contributed by atoms with Crippen molar-refractivity contribution in [1.82, 2.24) is 4.89 Å². The lowest BCUT2D eigenvalue weighted by molar-refractivity contribution is 0.242. The Morgan fingerprint density at radius 2 is 2.15 bits per heavy atom. The van der Waals surface area contributed by atoms with Crippen LogP contribution in [0.1, 0.15) is 0 Å². The lowest BCUT2D eigenvalue weighted by Crippen LogP contribution is -2.19. The predicted molar refractivity (Wildman–Crippen MR) is 50.3 cm³/mol. The summed E-state index contributed by atoms with van der Waals surface area (Å²) in [5.41, 5.74) is 0. The monoisotopic (exact) mass is 219 g/mol. The molecular formula is C7H9NO3S2. The van der Waals surface area contributed by atoms with Crippen LogP contribution in [0.4, 0.5) is 0 Å². The fraction of sp³-hybridized carbons (Fsp3) is 0.143. The quantitative estimate of drug-likeness (QED) is 0.589. The highest BCUT2D eigenvalue weighted by molar-refractivity contribution is 7.98. The van der Waals surface area contributed by atoms with Crippen molar-refractivity contribution in [2.24, 2.45) is 0 Å². The third kappa shape index (κ3) is 2.44. The molecule has 0 bridgehead atoms. The van der Waals surface area contributed by atoms with Crippen LogP contribution >= 0.6 is 11.8 Å². The van der Waals surface area contributed by atoms with Crippen LogP contribution < -0.4 is 4.89 Å². The van der Waals surface area contributed by atoms with Crippen LogP contribution in [0, 0.1) is 0 Å². The van der Waals surface area contributed by atoms with Gasteiger partial charge in [-0.25, -0.2) is 8.42 Å². The van der Waals surface area contributed by atoms with Gasteiger partial charge >= 0.3 is 0 Å². The van der Waals surface area contributed by atoms with Gasteiger partial charge in [0.15, 0.2) is 0 Å². The molecule has 0 aliphatic carbocycles. The largest absolute Gasteiger partial charge is 0.302 e. The smallest absolute Gasteiger partial charge is 0.262 e. The Kier molecular flexibility index (Phi) is 3.32. The molecule has 2 N–H and O–H groups in total. The lowest BCUT2D eigenvalue weighted by atomic mass is 10.4. The second-order valence-corrected chi connectivity index (χ2v) is 4.81. The van der Waals surface area contributed by atoms with Crippen molar-refractivity contribution in [3.63, 3.8) is 0 Å². The van der Waals surface area contributed by atoms with Crippen LogP contribution in [0.2, 0.25) is 0 Å². The van der Waals surface area contributed by atoms with Crippen molar-refractivity contribution < 1.29 is 13.6 Å². The Bertz CT molecular complexity index is 388. The van der Waals surface area contributed by atoms with Crippen molar-refractivity contribution in [2.45, 2.75) is 9.79 Å². The van der Waals surface area contributed by atoms with Crippen LogP contribution in [-0.2, 0) is 10.0 Å². The summed E-state index contributed by atoms with van der Waals surface area (Å²) < 4.78 is 22.2. The van der Waals surface area contributed by atoms with E-state index in [9.17, 15) is 8.42 Å². The average molecular weight is 219 g/mol. The molecule has 1 aromatic rings. The van der Waals surface area contributed by atoms with Gasteiger partial charge in [0.25, 0.3) is 10.0 Å². The van der Waals surface area contributed by atoms with Gasteiger partial charge in [-0.3, -0.25) is 0 Å². The molecule has 1 rings (SSSR count). The van der Waals surface area contributed by atoms with Crippen LogP contribution in [0.5, 0.6) is 0 Å². The van der Waals surface area contributed by atoms with Crippen molar-refractivity contribution >= 4 is 21.8 Å². The molecule has 1 aromatic carbocycles. The number of sulfonamides is 1. The number of hydrogen-bond acceptors (Lipinski definition) is 4. The van der Waals surface area contributed by atoms with E-state index in [1.54, 1.807) is 12.1 Å². The molecule has 0 heterocycles. The fourth-order valence-electron chi connectivity index (χ4n) is 0.821. The fourth-order valence-corrected chi connectivity index (χ4v) is 2.00. The molecule has 0 saturated carbocycles. The molecule has 0 aromatic heterocycles. The molecular weight excluding hydrogens is 210 g/mol. The molecule has 0 unspecified atom stereocenters. The van der Waals surface area contributed by atoms with Crippen LogP contribution in [-0.4, -0.2) is 19.9 Å². The van der Waals surface area contributed by atoms with Crippen molar-refractivity contribution in [3.05, 3.63) is 24.3 Å². The summed E-state index contributed by atoms with van der Waals surface area (Å²) in [6, 6.07) is 6.32. The van der Waals surface area contributed by atoms with E-state index in [2.05, 4.69) is 0 Å². The summed E-state index contributed by atoms with van der Waals surface area (Å²) in [7, 11) is -3.74. The summed E-state index contributed by atoms with van der Waals surface area (Å²) in [6.45, 7) is 0. The number of benzene rings is 1. The van der Waals surface area contributed by atoms with Gasteiger partial charge in [0.2, 0.25) is 0 Å². The van der Waals surface area contributed by atoms with E-state index in [0.717, 1.165) is 4.90 Å². The number of hydrogen-bond donors (Lipinski definition) is 2. The Morgan fingerprint density at radius 3 is 2.69 bits per heavy atom. The van der Waals surface area contributed by atoms with Crippen LogP contribution in [0.25, 0.3) is 0 Å². The summed E-state index contributed by atoms with van der Waals surface area (Å²) in [5, 5.41) is 8.37. The van der Waals surface area contributed by atoms with E-state index < -0.39 is 10.0 Å². The first-order chi connectivity index (χ1) is 6.10. The van der Waals surface area contributed by atoms with E-state index in [0.29, 0.717) is 0 Å². The van der Waals surface area contributed by atoms with Crippen LogP contribution in [0.3, 0.4) is 0 Å². The minimum absolute atomic E-state index is 0.0573. The minimum atomic E-state index is -3.74. The minimum Gasteiger partial charge on any atom is -0.302 e. The Balaban J connectivity index is 3.17. The Labute approximate surface area is 81.0 Å². The van der Waals surface area contributed by atoms with Crippen LogP contribution in [0.15, 0.2) is 34.1 Å². The molecule has 0 aliphatic rings. The highest BCUT2D eigenvalue weighted by atomic mass is 32.2. The van der Waals surface area contributed by atoms with Crippen molar-refractivity contribution in [3.8, 4) is 0 Å². The number of nitrogens with one attached hydrogen (secondary N) is 1. The van der Waals surface area contributed by atoms with E-state index in [1.165, 1.54) is 28.8 Å². The Morgan fingerprint density at radius 1 is 1.46 bits per heavy atom. The van der Waals surface area contributed by atoms with Crippen molar-refractivity contribution in [2.75, 3.05) is 6.26 Å². The first kappa shape index (κ1) is 10.5. The summed E-state index contributed by atoms with van der Waals surface area (Å²) >= 11 is 1.44. The number of thioether (sulfide) groups is 1. The molecule has 0 saturated heterocycles. The van der Waals surface area contributed by atoms with Gasteiger partial charge in [0, 0.05) is 4.90 Å². The maximum atomic E-state index is 11.1. The zero-order valence-corrected chi connectivity index (χ0v) is 8.52. The van der Waals surface area contributed by atoms with Gasteiger partial charge in [0.05, 0.1) is 4.90 Å². The topological polar surface area (TPSA) is 66.4 Å². The van der Waals surface area contributed by atoms with Gasteiger partial charge in [-0.15, -0.1) is 11.8 Å². The molecule has 6 heteroatoms. The first-order valence-electron chi connectivity index (χ1n) is 3.40. The maximum absolute atomic E-state index is 11.1. The normalized spacial score (nSPS) is 11.5. The van der Waals surface area contributed by atoms with Gasteiger partial charge in [-0.2, -0.15) is 0 Å². The van der Waals surface area contributed by atoms with Gasteiger partial charge in [-0.05, 0) is 24.5 Å². The predicted octanol–water partition coefficient (Wildman–Crippen LogP) is 1.08. The summed E-state index contributed by atoms with van der Waals surface area (Å²) in [4.78, 5) is 2.16. The Hall–Kier alpha value is -0.560. The van der Waals surface area contributed by atoms with Gasteiger partial charge in [-0.1, -0.05) is 11.0 Å².